The van der Waals surface area contributed by atoms with Crippen molar-refractivity contribution in [2.45, 2.75) is 51.1 Å². The molecule has 5 nitrogen and oxygen atoms in total. The zero-order chi connectivity index (χ0) is 23.4. The second-order valence-corrected chi connectivity index (χ2v) is 8.67. The standard InChI is InChI=1S/C25H25Cl2NO4/c1-3-21(22(29)4-2)28-24(15-8-10-18(26)11-9-15)20(16-6-5-7-19(27)12-16)13-17(25(28)32)14-23(30)31/h5-13,20-21,24H,3-4,14H2,1-2H3,(H,30,31)/t20-,21?,24?/m1/s1. The Kier molecular flexibility index (Phi) is 7.75. The zero-order valence-electron chi connectivity index (χ0n) is 17.9. The number of hydrogen-bond donors (Lipinski definition) is 1. The third-order valence-electron chi connectivity index (χ3n) is 5.76. The molecule has 1 aliphatic rings. The van der Waals surface area contributed by atoms with E-state index in [-0.39, 0.29) is 23.7 Å². The van der Waals surface area contributed by atoms with Gasteiger partial charge in [-0.1, -0.05) is 67.4 Å². The first kappa shape index (κ1) is 24.0. The van der Waals surface area contributed by atoms with Crippen LogP contribution in [0.3, 0.4) is 0 Å². The van der Waals surface area contributed by atoms with Crippen molar-refractivity contribution >= 4 is 40.9 Å². The number of hydrogen-bond acceptors (Lipinski definition) is 3. The molecule has 1 amide bonds. The van der Waals surface area contributed by atoms with Gasteiger partial charge in [0.15, 0.2) is 5.78 Å². The first-order valence-electron chi connectivity index (χ1n) is 10.6. The van der Waals surface area contributed by atoms with E-state index in [0.29, 0.717) is 16.5 Å². The highest BCUT2D eigenvalue weighted by Gasteiger charge is 2.43. The number of rotatable bonds is 8. The van der Waals surface area contributed by atoms with Gasteiger partial charge in [0.05, 0.1) is 18.5 Å². The number of nitrogens with zero attached hydrogens (tertiary/aromatic N) is 1. The van der Waals surface area contributed by atoms with Crippen LogP contribution in [-0.4, -0.2) is 33.7 Å². The summed E-state index contributed by atoms with van der Waals surface area (Å²) >= 11 is 12.4. The van der Waals surface area contributed by atoms with Crippen molar-refractivity contribution in [2.24, 2.45) is 0 Å². The normalized spacial score (nSPS) is 19.4. The monoisotopic (exact) mass is 473 g/mol. The summed E-state index contributed by atoms with van der Waals surface area (Å²) in [4.78, 5) is 39.5. The molecule has 0 spiro atoms. The van der Waals surface area contributed by atoms with Gasteiger partial charge in [0, 0.05) is 28.0 Å². The Labute approximate surface area is 197 Å². The molecule has 168 valence electrons. The summed E-state index contributed by atoms with van der Waals surface area (Å²) in [5, 5.41) is 10.5. The van der Waals surface area contributed by atoms with Crippen molar-refractivity contribution in [1.82, 2.24) is 4.90 Å². The average Bonchev–Trinajstić information content (AvgIpc) is 2.76. The SMILES string of the molecule is CCC(=O)C(CC)N1C(=O)C(CC(=O)O)=C[C@H](c2cccc(Cl)c2)C1c1ccc(Cl)cc1. The molecule has 0 bridgehead atoms. The lowest BCUT2D eigenvalue weighted by Gasteiger charge is -2.44. The maximum atomic E-state index is 13.6. The molecule has 0 fully saturated rings. The molecule has 2 aromatic carbocycles. The second-order valence-electron chi connectivity index (χ2n) is 7.80. The van der Waals surface area contributed by atoms with E-state index in [0.717, 1.165) is 11.1 Å². The van der Waals surface area contributed by atoms with Crippen molar-refractivity contribution in [3.8, 4) is 0 Å². The van der Waals surface area contributed by atoms with E-state index in [2.05, 4.69) is 0 Å². The minimum atomic E-state index is -1.10. The molecule has 1 N–H and O–H groups in total. The second kappa shape index (κ2) is 10.3. The van der Waals surface area contributed by atoms with Gasteiger partial charge in [-0.05, 0) is 41.8 Å². The number of carbonyl (C=O) groups is 3. The Morgan fingerprint density at radius 1 is 1.03 bits per heavy atom. The lowest BCUT2D eigenvalue weighted by molar-refractivity contribution is -0.143. The summed E-state index contributed by atoms with van der Waals surface area (Å²) in [5.41, 5.74) is 1.80. The summed E-state index contributed by atoms with van der Waals surface area (Å²) in [6.45, 7) is 3.62. The van der Waals surface area contributed by atoms with Crippen LogP contribution in [0.2, 0.25) is 10.0 Å². The molecule has 7 heteroatoms. The van der Waals surface area contributed by atoms with Crippen molar-refractivity contribution in [2.75, 3.05) is 0 Å². The molecule has 0 saturated carbocycles. The van der Waals surface area contributed by atoms with E-state index >= 15 is 0 Å². The van der Waals surface area contributed by atoms with Gasteiger partial charge in [-0.3, -0.25) is 14.4 Å². The molecule has 1 heterocycles. The van der Waals surface area contributed by atoms with Gasteiger partial charge < -0.3 is 10.0 Å². The smallest absolute Gasteiger partial charge is 0.308 e. The summed E-state index contributed by atoms with van der Waals surface area (Å²) in [6, 6.07) is 13.2. The van der Waals surface area contributed by atoms with Gasteiger partial charge in [0.25, 0.3) is 5.91 Å². The molecule has 0 saturated heterocycles. The first-order valence-corrected chi connectivity index (χ1v) is 11.3. The van der Waals surface area contributed by atoms with Crippen molar-refractivity contribution in [3.63, 3.8) is 0 Å². The molecule has 3 rings (SSSR count). The number of halogens is 2. The number of carboxylic acids is 1. The largest absolute Gasteiger partial charge is 0.481 e. The van der Waals surface area contributed by atoms with Crippen LogP contribution in [0, 0.1) is 0 Å². The third-order valence-corrected chi connectivity index (χ3v) is 6.25. The van der Waals surface area contributed by atoms with E-state index in [1.165, 1.54) is 0 Å². The fourth-order valence-electron chi connectivity index (χ4n) is 4.31. The first-order chi connectivity index (χ1) is 15.3. The Morgan fingerprint density at radius 3 is 2.28 bits per heavy atom. The Bertz CT molecular complexity index is 1050. The van der Waals surface area contributed by atoms with E-state index in [1.54, 1.807) is 42.2 Å². The van der Waals surface area contributed by atoms with E-state index in [9.17, 15) is 19.5 Å². The van der Waals surface area contributed by atoms with Crippen LogP contribution in [-0.2, 0) is 14.4 Å². The Balaban J connectivity index is 2.27. The molecule has 2 unspecified atom stereocenters. The minimum absolute atomic E-state index is 0.0683. The summed E-state index contributed by atoms with van der Waals surface area (Å²) < 4.78 is 0. The Morgan fingerprint density at radius 2 is 1.72 bits per heavy atom. The molecule has 2 aromatic rings. The minimum Gasteiger partial charge on any atom is -0.481 e. The predicted molar refractivity (Wildman–Crippen MR) is 125 cm³/mol. The van der Waals surface area contributed by atoms with Gasteiger partial charge >= 0.3 is 5.97 Å². The van der Waals surface area contributed by atoms with Crippen LogP contribution >= 0.6 is 23.2 Å². The van der Waals surface area contributed by atoms with Gasteiger partial charge in [-0.25, -0.2) is 0 Å². The van der Waals surface area contributed by atoms with Crippen molar-refractivity contribution in [1.29, 1.82) is 0 Å². The molecule has 0 aromatic heterocycles. The highest BCUT2D eigenvalue weighted by atomic mass is 35.5. The molecule has 32 heavy (non-hydrogen) atoms. The summed E-state index contributed by atoms with van der Waals surface area (Å²) in [7, 11) is 0. The summed E-state index contributed by atoms with van der Waals surface area (Å²) in [6.07, 6.45) is 1.98. The quantitative estimate of drug-likeness (QED) is 0.523. The maximum absolute atomic E-state index is 13.6. The lowest BCUT2D eigenvalue weighted by Crippen LogP contribution is -2.51. The number of benzene rings is 2. The van der Waals surface area contributed by atoms with Crippen LogP contribution in [0.1, 0.15) is 56.2 Å². The van der Waals surface area contributed by atoms with Crippen LogP contribution in [0.25, 0.3) is 0 Å². The Hall–Kier alpha value is -2.63. The highest BCUT2D eigenvalue weighted by molar-refractivity contribution is 6.30. The van der Waals surface area contributed by atoms with E-state index in [1.807, 2.05) is 31.2 Å². The van der Waals surface area contributed by atoms with Crippen molar-refractivity contribution < 1.29 is 19.5 Å². The van der Waals surface area contributed by atoms with Crippen LogP contribution in [0.4, 0.5) is 0 Å². The molecule has 0 aliphatic carbocycles. The number of carbonyl (C=O) groups excluding carboxylic acids is 2. The molecular formula is C25H25Cl2NO4. The average molecular weight is 474 g/mol. The molecule has 1 aliphatic heterocycles. The fraction of sp³-hybridized carbons (Fsp3) is 0.320. The number of aliphatic carboxylic acids is 1. The van der Waals surface area contributed by atoms with Crippen molar-refractivity contribution in [3.05, 3.63) is 81.4 Å². The van der Waals surface area contributed by atoms with Gasteiger partial charge in [0.1, 0.15) is 0 Å². The fourth-order valence-corrected chi connectivity index (χ4v) is 4.64. The van der Waals surface area contributed by atoms with Crippen LogP contribution in [0.15, 0.2) is 60.2 Å². The highest BCUT2D eigenvalue weighted by Crippen LogP contribution is 2.44. The van der Waals surface area contributed by atoms with E-state index < -0.39 is 30.4 Å². The number of Topliss-reactive ketones (excluding diaryl/α,β-unsaturated/α-hetero) is 1. The zero-order valence-corrected chi connectivity index (χ0v) is 19.4. The lowest BCUT2D eigenvalue weighted by atomic mass is 9.79. The molecule has 3 atom stereocenters. The molecular weight excluding hydrogens is 449 g/mol. The number of carboxylic acid groups (broad SMARTS) is 1. The van der Waals surface area contributed by atoms with Gasteiger partial charge in [-0.2, -0.15) is 0 Å². The maximum Gasteiger partial charge on any atom is 0.308 e. The van der Waals surface area contributed by atoms with Gasteiger partial charge in [0.2, 0.25) is 0 Å². The predicted octanol–water partition coefficient (Wildman–Crippen LogP) is 5.82. The molecule has 0 radical (unpaired) electrons. The number of ketones is 1. The third kappa shape index (κ3) is 5.05. The van der Waals surface area contributed by atoms with Crippen LogP contribution in [0.5, 0.6) is 0 Å². The summed E-state index contributed by atoms with van der Waals surface area (Å²) in [5.74, 6) is -1.99. The number of amides is 1. The van der Waals surface area contributed by atoms with Gasteiger partial charge in [-0.15, -0.1) is 0 Å². The topological polar surface area (TPSA) is 74.7 Å². The van der Waals surface area contributed by atoms with Crippen LogP contribution < -0.4 is 0 Å². The van der Waals surface area contributed by atoms with E-state index in [4.69, 9.17) is 23.2 Å².